The van der Waals surface area contributed by atoms with E-state index in [1.165, 1.54) is 0 Å². The molecule has 0 aliphatic heterocycles. The number of hydrogen-bond donors (Lipinski definition) is 1. The molecular formula is C13H11LiO2. The van der Waals surface area contributed by atoms with Crippen LogP contribution in [-0.4, -0.2) is 29.9 Å². The van der Waals surface area contributed by atoms with E-state index in [0.717, 1.165) is 11.1 Å². The minimum absolute atomic E-state index is 0. The molecule has 76 valence electrons. The van der Waals surface area contributed by atoms with Gasteiger partial charge in [-0.3, -0.25) is 0 Å². The normalized spacial score (nSPS) is 9.25. The van der Waals surface area contributed by atoms with Gasteiger partial charge in [-0.1, -0.05) is 42.5 Å². The number of carbonyl (C=O) groups is 1. The van der Waals surface area contributed by atoms with Gasteiger partial charge in [0, 0.05) is 0 Å². The summed E-state index contributed by atoms with van der Waals surface area (Å²) in [5, 5.41) is 8.86. The van der Waals surface area contributed by atoms with Crippen molar-refractivity contribution in [1.82, 2.24) is 0 Å². The zero-order chi connectivity index (χ0) is 10.7. The number of carboxylic acid groups (broad SMARTS) is 1. The maximum atomic E-state index is 10.8. The molecule has 0 spiro atoms. The molecule has 0 unspecified atom stereocenters. The molecule has 3 heteroatoms. The summed E-state index contributed by atoms with van der Waals surface area (Å²) in [4.78, 5) is 10.8. The molecule has 0 radical (unpaired) electrons. The summed E-state index contributed by atoms with van der Waals surface area (Å²) < 4.78 is 0. The van der Waals surface area contributed by atoms with E-state index < -0.39 is 5.97 Å². The Labute approximate surface area is 106 Å². The number of rotatable bonds is 2. The first-order valence-electron chi connectivity index (χ1n) is 4.66. The Kier molecular flexibility index (Phi) is 4.36. The van der Waals surface area contributed by atoms with Crippen LogP contribution in [0.25, 0.3) is 11.1 Å². The van der Waals surface area contributed by atoms with Gasteiger partial charge in [0.15, 0.2) is 0 Å². The van der Waals surface area contributed by atoms with Gasteiger partial charge in [-0.25, -0.2) is 4.79 Å². The molecule has 2 rings (SSSR count). The number of aromatic carboxylic acids is 1. The van der Waals surface area contributed by atoms with Crippen molar-refractivity contribution in [3.8, 4) is 11.1 Å². The predicted molar refractivity (Wildman–Crippen MR) is 66.0 cm³/mol. The summed E-state index contributed by atoms with van der Waals surface area (Å²) in [6.07, 6.45) is 0. The van der Waals surface area contributed by atoms with Gasteiger partial charge in [-0.15, -0.1) is 0 Å². The molecule has 0 fully saturated rings. The second-order valence-corrected chi connectivity index (χ2v) is 3.25. The van der Waals surface area contributed by atoms with Crippen molar-refractivity contribution >= 4 is 24.8 Å². The summed E-state index contributed by atoms with van der Waals surface area (Å²) in [5.41, 5.74) is 2.27. The van der Waals surface area contributed by atoms with Gasteiger partial charge >= 0.3 is 24.8 Å². The van der Waals surface area contributed by atoms with Crippen molar-refractivity contribution in [3.63, 3.8) is 0 Å². The van der Waals surface area contributed by atoms with Crippen LogP contribution in [0.5, 0.6) is 0 Å². The maximum absolute atomic E-state index is 10.8. The van der Waals surface area contributed by atoms with Crippen molar-refractivity contribution in [2.45, 2.75) is 0 Å². The quantitative estimate of drug-likeness (QED) is 0.766. The Bertz CT molecular complexity index is 480. The van der Waals surface area contributed by atoms with Crippen LogP contribution in [-0.2, 0) is 0 Å². The first-order chi connectivity index (χ1) is 7.27. The van der Waals surface area contributed by atoms with E-state index in [1.807, 2.05) is 36.4 Å². The van der Waals surface area contributed by atoms with Crippen LogP contribution >= 0.6 is 0 Å². The molecule has 1 N–H and O–H groups in total. The van der Waals surface area contributed by atoms with E-state index in [2.05, 4.69) is 0 Å². The molecule has 0 saturated carbocycles. The van der Waals surface area contributed by atoms with E-state index in [-0.39, 0.29) is 18.9 Å². The minimum atomic E-state index is -0.896. The molecule has 0 aliphatic carbocycles. The molecule has 0 saturated heterocycles. The molecule has 0 heterocycles. The van der Waals surface area contributed by atoms with Crippen LogP contribution in [0.2, 0.25) is 0 Å². The summed E-state index contributed by atoms with van der Waals surface area (Å²) in [6.45, 7) is 0. The summed E-state index contributed by atoms with van der Waals surface area (Å²) in [6, 6.07) is 16.7. The van der Waals surface area contributed by atoms with E-state index in [1.54, 1.807) is 18.2 Å². The van der Waals surface area contributed by atoms with Gasteiger partial charge in [0.2, 0.25) is 0 Å². The van der Waals surface area contributed by atoms with Crippen molar-refractivity contribution in [3.05, 3.63) is 60.2 Å². The number of hydrogen-bond acceptors (Lipinski definition) is 1. The monoisotopic (exact) mass is 206 g/mol. The van der Waals surface area contributed by atoms with Gasteiger partial charge in [0.1, 0.15) is 0 Å². The van der Waals surface area contributed by atoms with Crippen molar-refractivity contribution in [1.29, 1.82) is 0 Å². The third kappa shape index (κ3) is 2.76. The molecule has 0 amide bonds. The molecule has 0 bridgehead atoms. The van der Waals surface area contributed by atoms with Crippen LogP contribution < -0.4 is 0 Å². The fourth-order valence-corrected chi connectivity index (χ4v) is 1.46. The Balaban J connectivity index is 0.00000128. The van der Waals surface area contributed by atoms with Gasteiger partial charge in [0.05, 0.1) is 5.56 Å². The molecule has 0 aromatic heterocycles. The van der Waals surface area contributed by atoms with Crippen LogP contribution in [0.15, 0.2) is 54.6 Å². The Hall–Kier alpha value is -1.49. The second kappa shape index (κ2) is 5.55. The first kappa shape index (κ1) is 12.6. The summed E-state index contributed by atoms with van der Waals surface area (Å²) >= 11 is 0. The zero-order valence-corrected chi connectivity index (χ0v) is 8.05. The third-order valence-electron chi connectivity index (χ3n) is 2.22. The Morgan fingerprint density at radius 1 is 0.875 bits per heavy atom. The average molecular weight is 206 g/mol. The molecule has 2 nitrogen and oxygen atoms in total. The molecule has 16 heavy (non-hydrogen) atoms. The zero-order valence-electron chi connectivity index (χ0n) is 8.05. The van der Waals surface area contributed by atoms with Crippen LogP contribution in [0, 0.1) is 0 Å². The van der Waals surface area contributed by atoms with Gasteiger partial charge in [-0.05, 0) is 23.3 Å². The van der Waals surface area contributed by atoms with Crippen molar-refractivity contribution in [2.75, 3.05) is 0 Å². The Morgan fingerprint density at radius 3 is 2.12 bits per heavy atom. The van der Waals surface area contributed by atoms with E-state index in [9.17, 15) is 4.79 Å². The average Bonchev–Trinajstić information content (AvgIpc) is 2.30. The number of benzene rings is 2. The van der Waals surface area contributed by atoms with Crippen molar-refractivity contribution in [2.24, 2.45) is 0 Å². The topological polar surface area (TPSA) is 37.3 Å². The fraction of sp³-hybridized carbons (Fsp3) is 0. The summed E-state index contributed by atoms with van der Waals surface area (Å²) in [7, 11) is 0. The molecule has 0 aliphatic rings. The summed E-state index contributed by atoms with van der Waals surface area (Å²) in [5.74, 6) is -0.896. The van der Waals surface area contributed by atoms with Crippen LogP contribution in [0.1, 0.15) is 10.4 Å². The standard InChI is InChI=1S/C13H10O2.Li.H/c14-13(15)12-8-4-7-11(9-12)10-5-2-1-3-6-10;;/h1-9H,(H,14,15);;. The van der Waals surface area contributed by atoms with Crippen molar-refractivity contribution < 1.29 is 9.90 Å². The third-order valence-corrected chi connectivity index (χ3v) is 2.22. The van der Waals surface area contributed by atoms with Crippen LogP contribution in [0.3, 0.4) is 0 Å². The molecule has 2 aromatic rings. The SMILES string of the molecule is O=C(O)c1cccc(-c2ccccc2)c1.[LiH]. The van der Waals surface area contributed by atoms with E-state index in [4.69, 9.17) is 5.11 Å². The second-order valence-electron chi connectivity index (χ2n) is 3.25. The van der Waals surface area contributed by atoms with E-state index in [0.29, 0.717) is 5.56 Å². The van der Waals surface area contributed by atoms with Gasteiger partial charge < -0.3 is 5.11 Å². The van der Waals surface area contributed by atoms with Gasteiger partial charge in [0.25, 0.3) is 0 Å². The van der Waals surface area contributed by atoms with Crippen LogP contribution in [0.4, 0.5) is 0 Å². The molecule has 2 aromatic carbocycles. The Morgan fingerprint density at radius 2 is 1.50 bits per heavy atom. The fourth-order valence-electron chi connectivity index (χ4n) is 1.46. The number of carboxylic acids is 1. The molecular weight excluding hydrogens is 195 g/mol. The van der Waals surface area contributed by atoms with Gasteiger partial charge in [-0.2, -0.15) is 0 Å². The van der Waals surface area contributed by atoms with E-state index >= 15 is 0 Å². The predicted octanol–water partition coefficient (Wildman–Crippen LogP) is 2.40. The first-order valence-corrected chi connectivity index (χ1v) is 4.66. The molecule has 0 atom stereocenters.